The molecule has 13 heavy (non-hydrogen) atoms. The van der Waals surface area contributed by atoms with Gasteiger partial charge in [0.1, 0.15) is 0 Å². The molecule has 2 nitrogen and oxygen atoms in total. The summed E-state index contributed by atoms with van der Waals surface area (Å²) in [4.78, 5) is 11.3. The van der Waals surface area contributed by atoms with Gasteiger partial charge >= 0.3 is 0 Å². The van der Waals surface area contributed by atoms with E-state index >= 15 is 0 Å². The molecule has 0 N–H and O–H groups in total. The first kappa shape index (κ1) is 8.56. The highest BCUT2D eigenvalue weighted by Gasteiger charge is 2.24. The third-order valence-corrected chi connectivity index (χ3v) is 2.65. The van der Waals surface area contributed by atoms with E-state index in [1.807, 2.05) is 12.1 Å². The predicted molar refractivity (Wildman–Crippen MR) is 50.9 cm³/mol. The second kappa shape index (κ2) is 3.38. The van der Waals surface area contributed by atoms with Gasteiger partial charge in [0, 0.05) is 6.42 Å². The van der Waals surface area contributed by atoms with Crippen molar-refractivity contribution in [3.8, 4) is 0 Å². The van der Waals surface area contributed by atoms with Gasteiger partial charge in [0.2, 0.25) is 5.91 Å². The number of hydrogen-bond donors (Lipinski definition) is 0. The lowest BCUT2D eigenvalue weighted by Crippen LogP contribution is -2.27. The third-order valence-electron chi connectivity index (χ3n) is 2.11. The van der Waals surface area contributed by atoms with Gasteiger partial charge in [0.25, 0.3) is 0 Å². The molecule has 0 unspecified atom stereocenters. The summed E-state index contributed by atoms with van der Waals surface area (Å²) in [6, 6.07) is 7.39. The highest BCUT2D eigenvalue weighted by atomic mass is 32.2. The molecule has 68 valence electrons. The van der Waals surface area contributed by atoms with Gasteiger partial charge in [-0.05, 0) is 18.1 Å². The topological polar surface area (TPSA) is 20.3 Å². The van der Waals surface area contributed by atoms with Gasteiger partial charge in [-0.3, -0.25) is 4.79 Å². The fourth-order valence-corrected chi connectivity index (χ4v) is 1.89. The van der Waals surface area contributed by atoms with Crippen LogP contribution in [0.25, 0.3) is 0 Å². The number of carbonyl (C=O) groups is 1. The van der Waals surface area contributed by atoms with Crippen molar-refractivity contribution in [1.82, 2.24) is 0 Å². The van der Waals surface area contributed by atoms with Crippen LogP contribution in [0.15, 0.2) is 24.3 Å². The SMILES string of the molecule is O=C1CCc2ccccc2N1SF. The summed E-state index contributed by atoms with van der Waals surface area (Å²) in [6.07, 6.45) is 1.11. The van der Waals surface area contributed by atoms with Crippen LogP contribution in [0.1, 0.15) is 12.0 Å². The Labute approximate surface area is 80.2 Å². The van der Waals surface area contributed by atoms with E-state index in [1.54, 1.807) is 12.1 Å². The van der Waals surface area contributed by atoms with E-state index < -0.39 is 0 Å². The Morgan fingerprint density at radius 2 is 2.08 bits per heavy atom. The summed E-state index contributed by atoms with van der Waals surface area (Å²) in [5, 5.41) is 0. The average molecular weight is 197 g/mol. The Hall–Kier alpha value is -1.03. The Kier molecular flexibility index (Phi) is 2.22. The largest absolute Gasteiger partial charge is 0.273 e. The number of anilines is 1. The Morgan fingerprint density at radius 1 is 1.31 bits per heavy atom. The number of para-hydroxylation sites is 1. The van der Waals surface area contributed by atoms with Crippen molar-refractivity contribution in [2.24, 2.45) is 0 Å². The van der Waals surface area contributed by atoms with Crippen LogP contribution in [-0.4, -0.2) is 5.91 Å². The first-order valence-electron chi connectivity index (χ1n) is 4.02. The van der Waals surface area contributed by atoms with E-state index in [1.165, 1.54) is 0 Å². The summed E-state index contributed by atoms with van der Waals surface area (Å²) < 4.78 is 13.5. The minimum atomic E-state index is -0.161. The number of benzene rings is 1. The van der Waals surface area contributed by atoms with E-state index in [4.69, 9.17) is 0 Å². The zero-order valence-corrected chi connectivity index (χ0v) is 7.68. The fraction of sp³-hybridized carbons (Fsp3) is 0.222. The highest BCUT2D eigenvalue weighted by molar-refractivity contribution is 7.96. The average Bonchev–Trinajstić information content (AvgIpc) is 2.18. The standard InChI is InChI=1S/C9H8FNOS/c10-13-11-8-4-2-1-3-7(8)5-6-9(11)12/h1-4H,5-6H2. The molecule has 0 saturated heterocycles. The fourth-order valence-electron chi connectivity index (χ4n) is 1.47. The van der Waals surface area contributed by atoms with Crippen LogP contribution >= 0.6 is 12.3 Å². The number of nitrogens with zero attached hydrogens (tertiary/aromatic N) is 1. The maximum atomic E-state index is 12.4. The van der Waals surface area contributed by atoms with Crippen molar-refractivity contribution >= 4 is 23.9 Å². The van der Waals surface area contributed by atoms with Gasteiger partial charge in [0.05, 0.1) is 5.69 Å². The Morgan fingerprint density at radius 3 is 2.85 bits per heavy atom. The molecule has 1 aliphatic heterocycles. The Balaban J connectivity index is 2.45. The molecule has 0 aromatic heterocycles. The molecular weight excluding hydrogens is 189 g/mol. The minimum absolute atomic E-state index is 0.0197. The number of amides is 1. The lowest BCUT2D eigenvalue weighted by molar-refractivity contribution is -0.117. The monoisotopic (exact) mass is 197 g/mol. The number of fused-ring (bicyclic) bond motifs is 1. The van der Waals surface area contributed by atoms with Crippen molar-refractivity contribution in [2.75, 3.05) is 4.31 Å². The molecular formula is C9H8FNOS. The molecule has 0 bridgehead atoms. The summed E-state index contributed by atoms with van der Waals surface area (Å²) in [5.41, 5.74) is 1.72. The molecule has 0 atom stereocenters. The van der Waals surface area contributed by atoms with Crippen molar-refractivity contribution in [2.45, 2.75) is 12.8 Å². The van der Waals surface area contributed by atoms with Gasteiger partial charge in [-0.15, -0.1) is 3.89 Å². The van der Waals surface area contributed by atoms with Crippen LogP contribution in [0.5, 0.6) is 0 Å². The van der Waals surface area contributed by atoms with Gasteiger partial charge in [-0.25, -0.2) is 4.31 Å². The van der Waals surface area contributed by atoms with E-state index in [-0.39, 0.29) is 18.2 Å². The molecule has 0 radical (unpaired) electrons. The lowest BCUT2D eigenvalue weighted by atomic mass is 10.0. The molecule has 1 heterocycles. The van der Waals surface area contributed by atoms with Gasteiger partial charge < -0.3 is 0 Å². The maximum Gasteiger partial charge on any atom is 0.239 e. The zero-order chi connectivity index (χ0) is 9.26. The smallest absolute Gasteiger partial charge is 0.239 e. The number of carbonyl (C=O) groups excluding carboxylic acids is 1. The summed E-state index contributed by atoms with van der Waals surface area (Å²) in [7, 11) is 0. The van der Waals surface area contributed by atoms with Crippen LogP contribution in [0, 0.1) is 0 Å². The van der Waals surface area contributed by atoms with E-state index in [2.05, 4.69) is 0 Å². The van der Waals surface area contributed by atoms with Crippen LogP contribution in [-0.2, 0) is 11.2 Å². The first-order chi connectivity index (χ1) is 6.33. The predicted octanol–water partition coefficient (Wildman–Crippen LogP) is 2.50. The summed E-state index contributed by atoms with van der Waals surface area (Å²) >= 11 is -0.0197. The van der Waals surface area contributed by atoms with Crippen molar-refractivity contribution < 1.29 is 8.68 Å². The molecule has 2 rings (SSSR count). The van der Waals surface area contributed by atoms with Crippen LogP contribution in [0.4, 0.5) is 9.57 Å². The molecule has 1 amide bonds. The van der Waals surface area contributed by atoms with E-state index in [9.17, 15) is 8.68 Å². The van der Waals surface area contributed by atoms with Gasteiger partial charge in [-0.1, -0.05) is 18.2 Å². The molecule has 0 saturated carbocycles. The zero-order valence-electron chi connectivity index (χ0n) is 6.87. The van der Waals surface area contributed by atoms with E-state index in [0.717, 1.165) is 9.87 Å². The molecule has 0 aliphatic carbocycles. The minimum Gasteiger partial charge on any atom is -0.273 e. The second-order valence-electron chi connectivity index (χ2n) is 2.89. The number of halogens is 1. The molecule has 1 aromatic rings. The highest BCUT2D eigenvalue weighted by Crippen LogP contribution is 2.32. The van der Waals surface area contributed by atoms with Crippen LogP contribution in [0.3, 0.4) is 0 Å². The summed E-state index contributed by atoms with van der Waals surface area (Å²) in [5.74, 6) is -0.161. The third kappa shape index (κ3) is 1.42. The first-order valence-corrected chi connectivity index (χ1v) is 4.70. The quantitative estimate of drug-likeness (QED) is 0.645. The van der Waals surface area contributed by atoms with Crippen molar-refractivity contribution in [3.63, 3.8) is 0 Å². The molecule has 0 spiro atoms. The lowest BCUT2D eigenvalue weighted by Gasteiger charge is -2.24. The Bertz CT molecular complexity index is 342. The molecule has 4 heteroatoms. The van der Waals surface area contributed by atoms with Gasteiger partial charge in [0.15, 0.2) is 12.3 Å². The molecule has 1 aromatic carbocycles. The number of hydrogen-bond acceptors (Lipinski definition) is 2. The van der Waals surface area contributed by atoms with Crippen LogP contribution in [0.2, 0.25) is 0 Å². The summed E-state index contributed by atoms with van der Waals surface area (Å²) in [6.45, 7) is 0. The molecule has 1 aliphatic rings. The van der Waals surface area contributed by atoms with Crippen LogP contribution < -0.4 is 4.31 Å². The number of aryl methyl sites for hydroxylation is 1. The van der Waals surface area contributed by atoms with Crippen molar-refractivity contribution in [1.29, 1.82) is 0 Å². The van der Waals surface area contributed by atoms with Gasteiger partial charge in [-0.2, -0.15) is 0 Å². The second-order valence-corrected chi connectivity index (χ2v) is 3.39. The van der Waals surface area contributed by atoms with E-state index in [0.29, 0.717) is 18.5 Å². The molecule has 0 fully saturated rings. The maximum absolute atomic E-state index is 12.4. The normalized spacial score (nSPS) is 15.8. The van der Waals surface area contributed by atoms with Crippen molar-refractivity contribution in [3.05, 3.63) is 29.8 Å². The number of rotatable bonds is 1.